The number of carbonyl (C=O) groups excluding carboxylic acids is 2. The fraction of sp³-hybridized carbons (Fsp3) is 0.385. The molecule has 1 aromatic rings. The molecule has 0 spiro atoms. The van der Waals surface area contributed by atoms with Crippen LogP contribution in [0.2, 0.25) is 0 Å². The Morgan fingerprint density at radius 1 is 1.11 bits per heavy atom. The van der Waals surface area contributed by atoms with Crippen LogP contribution < -0.4 is 15.4 Å². The highest BCUT2D eigenvalue weighted by atomic mass is 16.5. The van der Waals surface area contributed by atoms with Crippen molar-refractivity contribution in [3.8, 4) is 5.75 Å². The Morgan fingerprint density at radius 3 is 2.21 bits per heavy atom. The van der Waals surface area contributed by atoms with Gasteiger partial charge >= 0.3 is 6.03 Å². The molecule has 1 rings (SSSR count). The standard InChI is InChI=1S/C13H19N3O3/c1-16(2)13(18)15-9-8-14-12(17)10-4-6-11(19-3)7-5-10/h4-7H,8-9H2,1-3H3,(H,14,17)(H,15,18). The number of amides is 3. The second kappa shape index (κ2) is 7.25. The number of rotatable bonds is 5. The van der Waals surface area contributed by atoms with Crippen LogP contribution in [0.25, 0.3) is 0 Å². The predicted octanol–water partition coefficient (Wildman–Crippen LogP) is 0.696. The van der Waals surface area contributed by atoms with E-state index in [-0.39, 0.29) is 11.9 Å². The fourth-order valence-electron chi connectivity index (χ4n) is 1.35. The molecule has 0 aliphatic heterocycles. The highest BCUT2D eigenvalue weighted by molar-refractivity contribution is 5.94. The van der Waals surface area contributed by atoms with Gasteiger partial charge in [-0.25, -0.2) is 4.79 Å². The summed E-state index contributed by atoms with van der Waals surface area (Å²) in [5.74, 6) is 0.525. The van der Waals surface area contributed by atoms with Gasteiger partial charge in [-0.3, -0.25) is 4.79 Å². The Labute approximate surface area is 112 Å². The minimum Gasteiger partial charge on any atom is -0.497 e. The van der Waals surface area contributed by atoms with Gasteiger partial charge in [0.25, 0.3) is 5.91 Å². The monoisotopic (exact) mass is 265 g/mol. The Morgan fingerprint density at radius 2 is 1.68 bits per heavy atom. The van der Waals surface area contributed by atoms with Gasteiger partial charge in [-0.2, -0.15) is 0 Å². The van der Waals surface area contributed by atoms with E-state index < -0.39 is 0 Å². The molecule has 0 bridgehead atoms. The minimum atomic E-state index is -0.182. The fourth-order valence-corrected chi connectivity index (χ4v) is 1.35. The van der Waals surface area contributed by atoms with E-state index in [4.69, 9.17) is 4.74 Å². The van der Waals surface area contributed by atoms with Crippen molar-refractivity contribution in [3.05, 3.63) is 29.8 Å². The maximum atomic E-state index is 11.7. The van der Waals surface area contributed by atoms with Crippen molar-refractivity contribution in [2.24, 2.45) is 0 Å². The molecule has 0 atom stereocenters. The Kier molecular flexibility index (Phi) is 5.66. The first-order chi connectivity index (χ1) is 9.04. The topological polar surface area (TPSA) is 70.7 Å². The molecule has 0 aromatic heterocycles. The average molecular weight is 265 g/mol. The van der Waals surface area contributed by atoms with Crippen molar-refractivity contribution < 1.29 is 14.3 Å². The van der Waals surface area contributed by atoms with Crippen LogP contribution in [-0.2, 0) is 0 Å². The van der Waals surface area contributed by atoms with E-state index in [0.29, 0.717) is 24.4 Å². The third-order valence-electron chi connectivity index (χ3n) is 2.45. The lowest BCUT2D eigenvalue weighted by molar-refractivity contribution is 0.0953. The van der Waals surface area contributed by atoms with Crippen LogP contribution in [0.4, 0.5) is 4.79 Å². The zero-order chi connectivity index (χ0) is 14.3. The molecule has 0 heterocycles. The quantitative estimate of drug-likeness (QED) is 0.770. The molecule has 6 nitrogen and oxygen atoms in total. The average Bonchev–Trinajstić information content (AvgIpc) is 2.43. The van der Waals surface area contributed by atoms with E-state index >= 15 is 0 Å². The largest absolute Gasteiger partial charge is 0.497 e. The second-order valence-electron chi connectivity index (χ2n) is 4.11. The van der Waals surface area contributed by atoms with Crippen LogP contribution in [0.5, 0.6) is 5.75 Å². The Bertz CT molecular complexity index is 429. The molecule has 3 amide bonds. The maximum Gasteiger partial charge on any atom is 0.316 e. The molecule has 0 saturated heterocycles. The summed E-state index contributed by atoms with van der Waals surface area (Å²) < 4.78 is 5.01. The van der Waals surface area contributed by atoms with Gasteiger partial charge in [-0.15, -0.1) is 0 Å². The van der Waals surface area contributed by atoms with Crippen molar-refractivity contribution in [3.63, 3.8) is 0 Å². The smallest absolute Gasteiger partial charge is 0.316 e. The summed E-state index contributed by atoms with van der Waals surface area (Å²) >= 11 is 0. The number of hydrogen-bond donors (Lipinski definition) is 2. The first-order valence-electron chi connectivity index (χ1n) is 5.92. The van der Waals surface area contributed by atoms with Crippen molar-refractivity contribution in [1.29, 1.82) is 0 Å². The SMILES string of the molecule is COc1ccc(C(=O)NCCNC(=O)N(C)C)cc1. The van der Waals surface area contributed by atoms with E-state index in [1.54, 1.807) is 45.5 Å². The zero-order valence-electron chi connectivity index (χ0n) is 11.4. The van der Waals surface area contributed by atoms with E-state index in [1.807, 2.05) is 0 Å². The number of ether oxygens (including phenoxy) is 1. The molecular weight excluding hydrogens is 246 g/mol. The molecule has 104 valence electrons. The normalized spacial score (nSPS) is 9.63. The van der Waals surface area contributed by atoms with Crippen LogP contribution in [-0.4, -0.2) is 51.1 Å². The molecule has 0 unspecified atom stereocenters. The second-order valence-corrected chi connectivity index (χ2v) is 4.11. The summed E-state index contributed by atoms with van der Waals surface area (Å²) in [6.45, 7) is 0.767. The Hall–Kier alpha value is -2.24. The van der Waals surface area contributed by atoms with E-state index in [0.717, 1.165) is 0 Å². The summed E-state index contributed by atoms with van der Waals surface area (Å²) in [6, 6.07) is 6.64. The Balaban J connectivity index is 2.33. The number of hydrogen-bond acceptors (Lipinski definition) is 3. The lowest BCUT2D eigenvalue weighted by Gasteiger charge is -2.12. The van der Waals surface area contributed by atoms with E-state index in [1.165, 1.54) is 4.90 Å². The van der Waals surface area contributed by atoms with Crippen LogP contribution in [0.15, 0.2) is 24.3 Å². The molecule has 0 aliphatic rings. The number of methoxy groups -OCH3 is 1. The van der Waals surface area contributed by atoms with Crippen LogP contribution in [0.1, 0.15) is 10.4 Å². The number of urea groups is 1. The predicted molar refractivity (Wildman–Crippen MR) is 72.4 cm³/mol. The van der Waals surface area contributed by atoms with Gasteiger partial charge < -0.3 is 20.3 Å². The molecule has 0 saturated carbocycles. The van der Waals surface area contributed by atoms with Gasteiger partial charge in [-0.1, -0.05) is 0 Å². The van der Waals surface area contributed by atoms with E-state index in [9.17, 15) is 9.59 Å². The molecule has 0 fully saturated rings. The third kappa shape index (κ3) is 4.87. The number of nitrogens with zero attached hydrogens (tertiary/aromatic N) is 1. The van der Waals surface area contributed by atoms with Gasteiger partial charge in [0.05, 0.1) is 7.11 Å². The summed E-state index contributed by atoms with van der Waals surface area (Å²) in [6.07, 6.45) is 0. The van der Waals surface area contributed by atoms with Crippen molar-refractivity contribution in [1.82, 2.24) is 15.5 Å². The molecule has 0 radical (unpaired) electrons. The first-order valence-corrected chi connectivity index (χ1v) is 5.92. The zero-order valence-corrected chi connectivity index (χ0v) is 11.4. The summed E-state index contributed by atoms with van der Waals surface area (Å²) in [7, 11) is 4.89. The van der Waals surface area contributed by atoms with Crippen LogP contribution in [0.3, 0.4) is 0 Å². The molecule has 6 heteroatoms. The number of benzene rings is 1. The lowest BCUT2D eigenvalue weighted by Crippen LogP contribution is -2.39. The molecule has 1 aromatic carbocycles. The maximum absolute atomic E-state index is 11.7. The first kappa shape index (κ1) is 14.8. The molecular formula is C13H19N3O3. The van der Waals surface area contributed by atoms with Crippen molar-refractivity contribution in [2.45, 2.75) is 0 Å². The van der Waals surface area contributed by atoms with Gasteiger partial charge in [0, 0.05) is 32.7 Å². The van der Waals surface area contributed by atoms with Crippen molar-refractivity contribution >= 4 is 11.9 Å². The molecule has 2 N–H and O–H groups in total. The molecule has 19 heavy (non-hydrogen) atoms. The van der Waals surface area contributed by atoms with Gasteiger partial charge in [0.1, 0.15) is 5.75 Å². The highest BCUT2D eigenvalue weighted by Gasteiger charge is 2.05. The van der Waals surface area contributed by atoms with Gasteiger partial charge in [0.15, 0.2) is 0 Å². The number of carbonyl (C=O) groups is 2. The third-order valence-corrected chi connectivity index (χ3v) is 2.45. The summed E-state index contributed by atoms with van der Waals surface area (Å²) in [5.41, 5.74) is 0.555. The van der Waals surface area contributed by atoms with Crippen LogP contribution >= 0.6 is 0 Å². The van der Waals surface area contributed by atoms with Gasteiger partial charge in [0.2, 0.25) is 0 Å². The minimum absolute atomic E-state index is 0.179. The summed E-state index contributed by atoms with van der Waals surface area (Å²) in [4.78, 5) is 24.4. The van der Waals surface area contributed by atoms with Gasteiger partial charge in [-0.05, 0) is 24.3 Å². The van der Waals surface area contributed by atoms with Crippen molar-refractivity contribution in [2.75, 3.05) is 34.3 Å². The van der Waals surface area contributed by atoms with Crippen LogP contribution in [0, 0.1) is 0 Å². The van der Waals surface area contributed by atoms with E-state index in [2.05, 4.69) is 10.6 Å². The lowest BCUT2D eigenvalue weighted by atomic mass is 10.2. The number of nitrogens with one attached hydrogen (secondary N) is 2. The molecule has 0 aliphatic carbocycles. The highest BCUT2D eigenvalue weighted by Crippen LogP contribution is 2.10. The summed E-state index contributed by atoms with van der Waals surface area (Å²) in [5, 5.41) is 5.38.